The van der Waals surface area contributed by atoms with Crippen molar-refractivity contribution in [3.05, 3.63) is 36.7 Å². The van der Waals surface area contributed by atoms with Crippen LogP contribution in [-0.4, -0.2) is 11.5 Å². The van der Waals surface area contributed by atoms with Gasteiger partial charge in [-0.3, -0.25) is 0 Å². The van der Waals surface area contributed by atoms with Gasteiger partial charge in [0.1, 0.15) is 5.75 Å². The lowest BCUT2D eigenvalue weighted by Crippen LogP contribution is -1.86. The van der Waals surface area contributed by atoms with E-state index in [9.17, 15) is 0 Å². The van der Waals surface area contributed by atoms with Gasteiger partial charge in [0.2, 0.25) is 0 Å². The lowest BCUT2D eigenvalue weighted by molar-refractivity contribution is 0.412. The van der Waals surface area contributed by atoms with Gasteiger partial charge in [0.15, 0.2) is 0 Å². The first kappa shape index (κ1) is 6.28. The van der Waals surface area contributed by atoms with Crippen molar-refractivity contribution in [2.24, 2.45) is 0 Å². The first-order chi connectivity index (χ1) is 5.40. The van der Waals surface area contributed by atoms with E-state index in [1.807, 2.05) is 35.0 Å². The van der Waals surface area contributed by atoms with Gasteiger partial charge in [-0.1, -0.05) is 0 Å². The largest absolute Gasteiger partial charge is 0.495 e. The normalized spacial score (nSPS) is 10.3. The van der Waals surface area contributed by atoms with Crippen LogP contribution in [0.3, 0.4) is 0 Å². The Labute approximate surface area is 65.0 Å². The Balaban J connectivity index is 2.67. The van der Waals surface area contributed by atoms with Crippen molar-refractivity contribution in [3.8, 4) is 5.75 Å². The van der Waals surface area contributed by atoms with Crippen LogP contribution in [0.25, 0.3) is 5.52 Å². The average Bonchev–Trinajstić information content (AvgIpc) is 2.50. The van der Waals surface area contributed by atoms with E-state index in [0.29, 0.717) is 0 Å². The second-order valence-electron chi connectivity index (χ2n) is 2.41. The van der Waals surface area contributed by atoms with Gasteiger partial charge < -0.3 is 9.14 Å². The minimum Gasteiger partial charge on any atom is -0.495 e. The number of fused-ring (bicyclic) bond motifs is 1. The topological polar surface area (TPSA) is 13.6 Å². The number of methoxy groups -OCH3 is 1. The molecule has 0 atom stereocenters. The molecule has 0 radical (unpaired) electrons. The zero-order valence-electron chi connectivity index (χ0n) is 6.32. The Bertz CT molecular complexity index is 364. The summed E-state index contributed by atoms with van der Waals surface area (Å²) in [4.78, 5) is 0. The summed E-state index contributed by atoms with van der Waals surface area (Å²) in [6.07, 6.45) is 3.95. The highest BCUT2D eigenvalue weighted by Gasteiger charge is 1.92. The van der Waals surface area contributed by atoms with Crippen molar-refractivity contribution in [2.45, 2.75) is 0 Å². The molecule has 0 saturated heterocycles. The van der Waals surface area contributed by atoms with E-state index >= 15 is 0 Å². The molecule has 0 aromatic carbocycles. The second-order valence-corrected chi connectivity index (χ2v) is 2.41. The predicted octanol–water partition coefficient (Wildman–Crippen LogP) is 1.95. The van der Waals surface area contributed by atoms with Crippen molar-refractivity contribution in [1.82, 2.24) is 4.40 Å². The highest BCUT2D eigenvalue weighted by molar-refractivity contribution is 5.49. The van der Waals surface area contributed by atoms with Crippen LogP contribution in [0, 0.1) is 0 Å². The molecule has 2 heteroatoms. The van der Waals surface area contributed by atoms with E-state index in [-0.39, 0.29) is 0 Å². The smallest absolute Gasteiger partial charge is 0.135 e. The number of rotatable bonds is 1. The SMILES string of the molecule is COc1ccc2cccn2c1. The summed E-state index contributed by atoms with van der Waals surface area (Å²) in [6.45, 7) is 0. The average molecular weight is 147 g/mol. The van der Waals surface area contributed by atoms with E-state index in [2.05, 4.69) is 6.07 Å². The summed E-state index contributed by atoms with van der Waals surface area (Å²) >= 11 is 0. The van der Waals surface area contributed by atoms with Gasteiger partial charge in [0, 0.05) is 11.7 Å². The highest BCUT2D eigenvalue weighted by Crippen LogP contribution is 2.12. The zero-order chi connectivity index (χ0) is 7.68. The molecule has 0 saturated carbocycles. The van der Waals surface area contributed by atoms with Gasteiger partial charge in [0.05, 0.1) is 13.3 Å². The van der Waals surface area contributed by atoms with Gasteiger partial charge in [-0.05, 0) is 24.3 Å². The third kappa shape index (κ3) is 0.963. The third-order valence-corrected chi connectivity index (χ3v) is 1.73. The minimum absolute atomic E-state index is 0.883. The van der Waals surface area contributed by atoms with Crippen LogP contribution >= 0.6 is 0 Å². The molecular weight excluding hydrogens is 138 g/mol. The molecule has 2 aromatic heterocycles. The number of pyridine rings is 1. The van der Waals surface area contributed by atoms with Gasteiger partial charge in [-0.15, -0.1) is 0 Å². The van der Waals surface area contributed by atoms with Gasteiger partial charge in [-0.2, -0.15) is 0 Å². The maximum Gasteiger partial charge on any atom is 0.135 e. The molecule has 2 rings (SSSR count). The van der Waals surface area contributed by atoms with Crippen LogP contribution in [0.15, 0.2) is 36.7 Å². The summed E-state index contributed by atoms with van der Waals surface area (Å²) in [7, 11) is 1.67. The predicted molar refractivity (Wildman–Crippen MR) is 43.9 cm³/mol. The number of nitrogens with zero attached hydrogens (tertiary/aromatic N) is 1. The molecule has 0 aliphatic carbocycles. The molecule has 0 aliphatic rings. The molecule has 11 heavy (non-hydrogen) atoms. The molecule has 56 valence electrons. The maximum atomic E-state index is 5.07. The summed E-state index contributed by atoms with van der Waals surface area (Å²) < 4.78 is 7.10. The van der Waals surface area contributed by atoms with E-state index < -0.39 is 0 Å². The Morgan fingerprint density at radius 3 is 3.00 bits per heavy atom. The van der Waals surface area contributed by atoms with Crippen molar-refractivity contribution in [1.29, 1.82) is 0 Å². The van der Waals surface area contributed by atoms with Gasteiger partial charge in [-0.25, -0.2) is 0 Å². The maximum absolute atomic E-state index is 5.07. The molecule has 0 fully saturated rings. The first-order valence-electron chi connectivity index (χ1n) is 3.51. The van der Waals surface area contributed by atoms with Crippen LogP contribution in [0.5, 0.6) is 5.75 Å². The molecular formula is C9H9NO. The lowest BCUT2D eigenvalue weighted by atomic mass is 10.4. The molecule has 0 spiro atoms. The number of aromatic nitrogens is 1. The number of ether oxygens (including phenoxy) is 1. The quantitative estimate of drug-likeness (QED) is 0.601. The first-order valence-corrected chi connectivity index (χ1v) is 3.51. The van der Waals surface area contributed by atoms with Crippen molar-refractivity contribution in [2.75, 3.05) is 7.11 Å². The Kier molecular flexibility index (Phi) is 1.32. The Morgan fingerprint density at radius 2 is 2.18 bits per heavy atom. The fourth-order valence-corrected chi connectivity index (χ4v) is 1.13. The monoisotopic (exact) mass is 147 g/mol. The standard InChI is InChI=1S/C9H9NO/c1-11-9-5-4-8-3-2-6-10(8)7-9/h2-7H,1H3. The van der Waals surface area contributed by atoms with Crippen LogP contribution < -0.4 is 4.74 Å². The van der Waals surface area contributed by atoms with Crippen LogP contribution in [0.1, 0.15) is 0 Å². The van der Waals surface area contributed by atoms with Gasteiger partial charge in [0.25, 0.3) is 0 Å². The van der Waals surface area contributed by atoms with Crippen LogP contribution in [0.2, 0.25) is 0 Å². The highest BCUT2D eigenvalue weighted by atomic mass is 16.5. The molecule has 0 unspecified atom stereocenters. The van der Waals surface area contributed by atoms with Crippen molar-refractivity contribution in [3.63, 3.8) is 0 Å². The summed E-state index contributed by atoms with van der Waals surface area (Å²) in [5.41, 5.74) is 1.19. The molecule has 2 aromatic rings. The van der Waals surface area contributed by atoms with Crippen LogP contribution in [-0.2, 0) is 0 Å². The second kappa shape index (κ2) is 2.31. The Morgan fingerprint density at radius 1 is 1.27 bits per heavy atom. The minimum atomic E-state index is 0.883. The molecule has 2 nitrogen and oxygen atoms in total. The summed E-state index contributed by atoms with van der Waals surface area (Å²) in [6, 6.07) is 8.04. The van der Waals surface area contributed by atoms with E-state index in [0.717, 1.165) is 5.75 Å². The van der Waals surface area contributed by atoms with E-state index in [1.165, 1.54) is 5.52 Å². The molecule has 0 amide bonds. The third-order valence-electron chi connectivity index (χ3n) is 1.73. The van der Waals surface area contributed by atoms with Crippen molar-refractivity contribution < 1.29 is 4.74 Å². The molecule has 0 bridgehead atoms. The summed E-state index contributed by atoms with van der Waals surface area (Å²) in [5.74, 6) is 0.883. The van der Waals surface area contributed by atoms with Gasteiger partial charge >= 0.3 is 0 Å². The van der Waals surface area contributed by atoms with Crippen molar-refractivity contribution >= 4 is 5.52 Å². The molecule has 0 N–H and O–H groups in total. The molecule has 2 heterocycles. The zero-order valence-corrected chi connectivity index (χ0v) is 6.32. The fourth-order valence-electron chi connectivity index (χ4n) is 1.13. The summed E-state index contributed by atoms with van der Waals surface area (Å²) in [5, 5.41) is 0. The van der Waals surface area contributed by atoms with E-state index in [4.69, 9.17) is 4.74 Å². The van der Waals surface area contributed by atoms with E-state index in [1.54, 1.807) is 7.11 Å². The number of hydrogen-bond acceptors (Lipinski definition) is 1. The van der Waals surface area contributed by atoms with Crippen LogP contribution in [0.4, 0.5) is 0 Å². The number of hydrogen-bond donors (Lipinski definition) is 0. The fraction of sp³-hybridized carbons (Fsp3) is 0.111. The Hall–Kier alpha value is -1.44. The molecule has 0 aliphatic heterocycles. The lowest BCUT2D eigenvalue weighted by Gasteiger charge is -1.99.